The monoisotopic (exact) mass is 421 g/mol. The molecule has 9 nitrogen and oxygen atoms in total. The lowest BCUT2D eigenvalue weighted by atomic mass is 9.96. The summed E-state index contributed by atoms with van der Waals surface area (Å²) in [5.74, 6) is 3.70. The van der Waals surface area contributed by atoms with Crippen LogP contribution in [0.15, 0.2) is 42.7 Å². The van der Waals surface area contributed by atoms with Crippen LogP contribution in [0.2, 0.25) is 0 Å². The van der Waals surface area contributed by atoms with E-state index in [1.54, 1.807) is 24.9 Å². The van der Waals surface area contributed by atoms with Crippen LogP contribution in [0.3, 0.4) is 0 Å². The van der Waals surface area contributed by atoms with Crippen molar-refractivity contribution in [3.8, 4) is 11.5 Å². The Labute approximate surface area is 181 Å². The molecule has 3 heterocycles. The molecule has 0 saturated heterocycles. The maximum atomic E-state index is 5.47. The molecule has 1 N–H and O–H groups in total. The number of hydrogen-bond donors (Lipinski definition) is 1. The molecule has 3 aromatic heterocycles. The third-order valence-corrected chi connectivity index (χ3v) is 5.05. The van der Waals surface area contributed by atoms with Crippen molar-refractivity contribution in [3.05, 3.63) is 59.9 Å². The molecule has 1 aromatic carbocycles. The van der Waals surface area contributed by atoms with E-state index in [1.165, 1.54) is 0 Å². The van der Waals surface area contributed by atoms with Gasteiger partial charge in [-0.2, -0.15) is 4.52 Å². The van der Waals surface area contributed by atoms with Gasteiger partial charge in [-0.3, -0.25) is 0 Å². The fourth-order valence-corrected chi connectivity index (χ4v) is 3.43. The van der Waals surface area contributed by atoms with Crippen LogP contribution in [0.5, 0.6) is 11.5 Å². The lowest BCUT2D eigenvalue weighted by Crippen LogP contribution is -2.20. The van der Waals surface area contributed by atoms with Crippen molar-refractivity contribution in [2.75, 3.05) is 19.5 Å². The van der Waals surface area contributed by atoms with Gasteiger partial charge in [-0.05, 0) is 29.8 Å². The molecular formula is C22H27N7O2. The van der Waals surface area contributed by atoms with E-state index >= 15 is 0 Å². The Morgan fingerprint density at radius 1 is 1.00 bits per heavy atom. The molecule has 1 unspecified atom stereocenters. The summed E-state index contributed by atoms with van der Waals surface area (Å²) in [4.78, 5) is 4.57. The summed E-state index contributed by atoms with van der Waals surface area (Å²) in [6, 6.07) is 9.28. The second kappa shape index (κ2) is 7.90. The average Bonchev–Trinajstić information content (AvgIpc) is 3.37. The highest BCUT2D eigenvalue weighted by Gasteiger charge is 2.24. The molecule has 0 fully saturated rings. The van der Waals surface area contributed by atoms with Gasteiger partial charge in [0.1, 0.15) is 29.2 Å². The number of methoxy groups -OCH3 is 2. The molecule has 0 aliphatic rings. The highest BCUT2D eigenvalue weighted by Crippen LogP contribution is 2.31. The zero-order chi connectivity index (χ0) is 22.2. The molecular weight excluding hydrogens is 394 g/mol. The molecule has 1 atom stereocenters. The van der Waals surface area contributed by atoms with Gasteiger partial charge in [0.25, 0.3) is 0 Å². The molecule has 0 saturated carbocycles. The van der Waals surface area contributed by atoms with Crippen LogP contribution in [0.25, 0.3) is 5.65 Å². The number of ether oxygens (including phenoxy) is 2. The summed E-state index contributed by atoms with van der Waals surface area (Å²) in [5, 5.41) is 16.9. The third kappa shape index (κ3) is 4.03. The van der Waals surface area contributed by atoms with E-state index in [0.29, 0.717) is 23.0 Å². The average molecular weight is 422 g/mol. The first-order valence-corrected chi connectivity index (χ1v) is 10.00. The quantitative estimate of drug-likeness (QED) is 0.510. The Kier molecular flexibility index (Phi) is 5.26. The zero-order valence-corrected chi connectivity index (χ0v) is 18.6. The zero-order valence-electron chi connectivity index (χ0n) is 18.6. The van der Waals surface area contributed by atoms with Crippen molar-refractivity contribution in [2.24, 2.45) is 7.05 Å². The highest BCUT2D eigenvalue weighted by atomic mass is 16.5. The number of rotatable bonds is 6. The largest absolute Gasteiger partial charge is 0.497 e. The fraction of sp³-hybridized carbons (Fsp3) is 0.364. The molecule has 0 radical (unpaired) electrons. The van der Waals surface area contributed by atoms with E-state index in [1.807, 2.05) is 48.1 Å². The summed E-state index contributed by atoms with van der Waals surface area (Å²) in [6.45, 7) is 6.26. The number of anilines is 1. The summed E-state index contributed by atoms with van der Waals surface area (Å²) < 4.78 is 14.7. The van der Waals surface area contributed by atoms with E-state index in [0.717, 1.165) is 17.2 Å². The van der Waals surface area contributed by atoms with E-state index in [-0.39, 0.29) is 11.5 Å². The van der Waals surface area contributed by atoms with Crippen LogP contribution >= 0.6 is 0 Å². The van der Waals surface area contributed by atoms with Crippen LogP contribution < -0.4 is 14.8 Å². The van der Waals surface area contributed by atoms with Crippen LogP contribution in [-0.2, 0) is 12.5 Å². The minimum atomic E-state index is -0.288. The number of fused-ring (bicyclic) bond motifs is 1. The van der Waals surface area contributed by atoms with E-state index in [9.17, 15) is 0 Å². The normalized spacial score (nSPS) is 12.7. The van der Waals surface area contributed by atoms with Gasteiger partial charge in [-0.25, -0.2) is 4.98 Å². The van der Waals surface area contributed by atoms with Crippen molar-refractivity contribution in [3.63, 3.8) is 0 Å². The molecule has 4 rings (SSSR count). The Hall–Kier alpha value is -3.62. The predicted molar refractivity (Wildman–Crippen MR) is 118 cm³/mol. The number of nitrogens with zero attached hydrogens (tertiary/aromatic N) is 6. The summed E-state index contributed by atoms with van der Waals surface area (Å²) in [5.41, 5.74) is 1.45. The lowest BCUT2D eigenvalue weighted by Gasteiger charge is -2.21. The van der Waals surface area contributed by atoms with Crippen LogP contribution in [0.1, 0.15) is 44.0 Å². The Balaban J connectivity index is 1.80. The van der Waals surface area contributed by atoms with Gasteiger partial charge in [0.05, 0.1) is 14.2 Å². The molecule has 162 valence electrons. The number of benzene rings is 1. The number of nitrogens with one attached hydrogen (secondary N) is 1. The number of hydrogen-bond acceptors (Lipinski definition) is 7. The maximum absolute atomic E-state index is 5.47. The topological polar surface area (TPSA) is 91.4 Å². The van der Waals surface area contributed by atoms with Gasteiger partial charge in [0.2, 0.25) is 0 Å². The predicted octanol–water partition coefficient (Wildman–Crippen LogP) is 3.37. The SMILES string of the molecule is COc1cc(OC)cc(C(Nc2ccc3nnc(C(C)(C)C)n3n2)c2nccn2C)c1. The summed E-state index contributed by atoms with van der Waals surface area (Å²) in [7, 11) is 5.23. The van der Waals surface area contributed by atoms with Crippen LogP contribution in [0, 0.1) is 0 Å². The number of imidazole rings is 1. The first kappa shape index (κ1) is 20.6. The summed E-state index contributed by atoms with van der Waals surface area (Å²) >= 11 is 0. The number of aryl methyl sites for hydroxylation is 1. The minimum Gasteiger partial charge on any atom is -0.497 e. The Morgan fingerprint density at radius 3 is 2.29 bits per heavy atom. The first-order chi connectivity index (χ1) is 14.8. The lowest BCUT2D eigenvalue weighted by molar-refractivity contribution is 0.393. The van der Waals surface area contributed by atoms with Crippen molar-refractivity contribution in [1.82, 2.24) is 29.4 Å². The first-order valence-electron chi connectivity index (χ1n) is 10.00. The molecule has 0 aliphatic carbocycles. The van der Waals surface area contributed by atoms with Crippen molar-refractivity contribution >= 4 is 11.5 Å². The fourth-order valence-electron chi connectivity index (χ4n) is 3.43. The Morgan fingerprint density at radius 2 is 1.71 bits per heavy atom. The second-order valence-corrected chi connectivity index (χ2v) is 8.38. The molecule has 9 heteroatoms. The van der Waals surface area contributed by atoms with Gasteiger partial charge in [0, 0.05) is 30.9 Å². The minimum absolute atomic E-state index is 0.190. The molecule has 0 bridgehead atoms. The molecule has 31 heavy (non-hydrogen) atoms. The van der Waals surface area contributed by atoms with E-state index < -0.39 is 0 Å². The van der Waals surface area contributed by atoms with Crippen molar-refractivity contribution < 1.29 is 9.47 Å². The Bertz CT molecular complexity index is 1180. The molecule has 0 aliphatic heterocycles. The van der Waals surface area contributed by atoms with Gasteiger partial charge in [0.15, 0.2) is 11.5 Å². The maximum Gasteiger partial charge on any atom is 0.178 e. The van der Waals surface area contributed by atoms with Gasteiger partial charge in [-0.1, -0.05) is 20.8 Å². The third-order valence-electron chi connectivity index (χ3n) is 5.05. The summed E-state index contributed by atoms with van der Waals surface area (Å²) in [6.07, 6.45) is 3.69. The van der Waals surface area contributed by atoms with Gasteiger partial charge < -0.3 is 19.4 Å². The van der Waals surface area contributed by atoms with Gasteiger partial charge in [-0.15, -0.1) is 15.3 Å². The standard InChI is InChI=1S/C22H27N7O2/c1-22(2,3)21-26-25-18-8-7-17(27-29(18)21)24-19(20-23-9-10-28(20)4)14-11-15(30-5)13-16(12-14)31-6/h7-13,19H,1-6H3,(H,24,27). The second-order valence-electron chi connectivity index (χ2n) is 8.38. The van der Waals surface area contributed by atoms with Gasteiger partial charge >= 0.3 is 0 Å². The van der Waals surface area contributed by atoms with Crippen molar-refractivity contribution in [2.45, 2.75) is 32.2 Å². The van der Waals surface area contributed by atoms with E-state index in [4.69, 9.17) is 14.6 Å². The van der Waals surface area contributed by atoms with Crippen LogP contribution in [0.4, 0.5) is 5.82 Å². The van der Waals surface area contributed by atoms with Crippen LogP contribution in [-0.4, -0.2) is 43.6 Å². The molecule has 0 spiro atoms. The highest BCUT2D eigenvalue weighted by molar-refractivity contribution is 5.49. The number of aromatic nitrogens is 6. The molecule has 0 amide bonds. The smallest absolute Gasteiger partial charge is 0.178 e. The van der Waals surface area contributed by atoms with E-state index in [2.05, 4.69) is 41.3 Å². The molecule has 4 aromatic rings. The van der Waals surface area contributed by atoms with Crippen molar-refractivity contribution in [1.29, 1.82) is 0 Å².